The van der Waals surface area contributed by atoms with Gasteiger partial charge in [0.15, 0.2) is 0 Å². The molecule has 4 rings (SSSR count). The molecular weight excluding hydrogens is 476 g/mol. The van der Waals surface area contributed by atoms with Crippen LogP contribution < -0.4 is 10.2 Å². The molecule has 1 N–H and O–H groups in total. The topological polar surface area (TPSA) is 82.2 Å². The van der Waals surface area contributed by atoms with Crippen molar-refractivity contribution in [1.82, 2.24) is 9.21 Å². The number of hydrogen-bond donors (Lipinski definition) is 1. The van der Waals surface area contributed by atoms with E-state index in [4.69, 9.17) is 4.74 Å². The summed E-state index contributed by atoms with van der Waals surface area (Å²) < 4.78 is 33.5. The predicted molar refractivity (Wildman–Crippen MR) is 144 cm³/mol. The van der Waals surface area contributed by atoms with Crippen molar-refractivity contribution >= 4 is 27.3 Å². The van der Waals surface area contributed by atoms with Gasteiger partial charge in [0.2, 0.25) is 15.9 Å². The Labute approximate surface area is 217 Å². The van der Waals surface area contributed by atoms with Gasteiger partial charge in [0.1, 0.15) is 0 Å². The number of piperazine rings is 1. The first kappa shape index (κ1) is 27.4. The quantitative estimate of drug-likeness (QED) is 0.534. The number of rotatable bonds is 9. The lowest BCUT2D eigenvalue weighted by Crippen LogP contribution is -2.46. The van der Waals surface area contributed by atoms with E-state index < -0.39 is 10.0 Å². The zero-order valence-electron chi connectivity index (χ0n) is 22.1. The van der Waals surface area contributed by atoms with Crippen molar-refractivity contribution in [2.24, 2.45) is 11.8 Å². The van der Waals surface area contributed by atoms with Crippen molar-refractivity contribution in [3.8, 4) is 0 Å². The van der Waals surface area contributed by atoms with E-state index in [2.05, 4.69) is 29.0 Å². The summed E-state index contributed by atoms with van der Waals surface area (Å²) >= 11 is 0. The van der Waals surface area contributed by atoms with Crippen LogP contribution in [0, 0.1) is 11.8 Å². The Balaban J connectivity index is 1.53. The molecule has 0 unspecified atom stereocenters. The number of amides is 1. The Bertz CT molecular complexity index is 964. The van der Waals surface area contributed by atoms with E-state index in [1.165, 1.54) is 23.6 Å². The number of hydrogen-bond acceptors (Lipinski definition) is 6. The molecule has 9 heteroatoms. The van der Waals surface area contributed by atoms with Crippen LogP contribution in [0.25, 0.3) is 0 Å². The fraction of sp³-hybridized carbons (Fsp3) is 0.741. The minimum Gasteiger partial charge on any atom is -0.379 e. The molecule has 1 amide bonds. The van der Waals surface area contributed by atoms with E-state index in [1.54, 1.807) is 12.1 Å². The van der Waals surface area contributed by atoms with Gasteiger partial charge >= 0.3 is 0 Å². The Hall–Kier alpha value is -1.68. The van der Waals surface area contributed by atoms with Crippen LogP contribution in [-0.2, 0) is 19.6 Å². The number of morpholine rings is 1. The summed E-state index contributed by atoms with van der Waals surface area (Å²) in [6.07, 6.45) is 7.79. The van der Waals surface area contributed by atoms with Gasteiger partial charge in [0, 0.05) is 45.2 Å². The lowest BCUT2D eigenvalue weighted by Gasteiger charge is -2.37. The van der Waals surface area contributed by atoms with Crippen molar-refractivity contribution in [3.63, 3.8) is 0 Å². The van der Waals surface area contributed by atoms with Crippen LogP contribution in [0.5, 0.6) is 0 Å². The highest BCUT2D eigenvalue weighted by Crippen LogP contribution is 2.35. The summed E-state index contributed by atoms with van der Waals surface area (Å²) in [6, 6.07) is 5.25. The van der Waals surface area contributed by atoms with Gasteiger partial charge in [-0.1, -0.05) is 33.1 Å². The van der Waals surface area contributed by atoms with E-state index >= 15 is 0 Å². The monoisotopic (exact) mass is 520 g/mol. The smallest absolute Gasteiger partial charge is 0.243 e. The number of benzene rings is 1. The molecule has 2 heterocycles. The van der Waals surface area contributed by atoms with Crippen LogP contribution in [0.2, 0.25) is 0 Å². The fourth-order valence-electron chi connectivity index (χ4n) is 5.73. The van der Waals surface area contributed by atoms with Crippen molar-refractivity contribution in [2.75, 3.05) is 69.2 Å². The molecule has 8 nitrogen and oxygen atoms in total. The molecule has 202 valence electrons. The average molecular weight is 521 g/mol. The SMILES string of the molecule is CCCCC1CCC(C(=O)Nc2cc(S(=O)(=O)N3CCOCC3)ccc2N2CCN(CC)CC2)CC1. The third-order valence-electron chi connectivity index (χ3n) is 8.18. The second kappa shape index (κ2) is 12.7. The Morgan fingerprint density at radius 3 is 2.33 bits per heavy atom. The number of ether oxygens (including phenoxy) is 1. The minimum absolute atomic E-state index is 0.00725. The van der Waals surface area contributed by atoms with E-state index in [1.807, 2.05) is 6.07 Å². The molecule has 1 aromatic carbocycles. The van der Waals surface area contributed by atoms with Crippen LogP contribution >= 0.6 is 0 Å². The second-order valence-corrected chi connectivity index (χ2v) is 12.4. The van der Waals surface area contributed by atoms with Crippen molar-refractivity contribution in [3.05, 3.63) is 18.2 Å². The second-order valence-electron chi connectivity index (χ2n) is 10.5. The largest absolute Gasteiger partial charge is 0.379 e. The number of unbranched alkanes of at least 4 members (excludes halogenated alkanes) is 1. The number of carbonyl (C=O) groups is 1. The maximum Gasteiger partial charge on any atom is 0.243 e. The first-order chi connectivity index (χ1) is 17.4. The van der Waals surface area contributed by atoms with Gasteiger partial charge in [0.25, 0.3) is 0 Å². The summed E-state index contributed by atoms with van der Waals surface area (Å²) in [6.45, 7) is 10.6. The van der Waals surface area contributed by atoms with Crippen LogP contribution in [0.4, 0.5) is 11.4 Å². The molecule has 1 aromatic rings. The van der Waals surface area contributed by atoms with Gasteiger partial charge in [-0.25, -0.2) is 8.42 Å². The molecule has 3 aliphatic rings. The van der Waals surface area contributed by atoms with Crippen molar-refractivity contribution in [1.29, 1.82) is 0 Å². The van der Waals surface area contributed by atoms with Gasteiger partial charge in [0.05, 0.1) is 29.5 Å². The molecule has 1 saturated carbocycles. The van der Waals surface area contributed by atoms with Crippen LogP contribution in [0.15, 0.2) is 23.1 Å². The molecule has 3 fully saturated rings. The zero-order chi connectivity index (χ0) is 25.5. The molecule has 2 aliphatic heterocycles. The Morgan fingerprint density at radius 2 is 1.69 bits per heavy atom. The van der Waals surface area contributed by atoms with Crippen LogP contribution in [0.3, 0.4) is 0 Å². The minimum atomic E-state index is -3.65. The zero-order valence-corrected chi connectivity index (χ0v) is 22.9. The number of nitrogens with one attached hydrogen (secondary N) is 1. The Kier molecular flexibility index (Phi) is 9.66. The molecular formula is C27H44N4O4S. The highest BCUT2D eigenvalue weighted by Gasteiger charge is 2.30. The molecule has 36 heavy (non-hydrogen) atoms. The van der Waals surface area contributed by atoms with E-state index in [-0.39, 0.29) is 16.7 Å². The first-order valence-electron chi connectivity index (χ1n) is 13.9. The van der Waals surface area contributed by atoms with Gasteiger partial charge in [-0.05, 0) is 56.3 Å². The molecule has 0 bridgehead atoms. The summed E-state index contributed by atoms with van der Waals surface area (Å²) in [5, 5.41) is 3.17. The van der Waals surface area contributed by atoms with Crippen molar-refractivity contribution < 1.29 is 17.9 Å². The normalized spacial score (nSPS) is 24.6. The average Bonchev–Trinajstić information content (AvgIpc) is 2.92. The summed E-state index contributed by atoms with van der Waals surface area (Å²) in [5.41, 5.74) is 1.53. The summed E-state index contributed by atoms with van der Waals surface area (Å²) in [7, 11) is -3.65. The predicted octanol–water partition coefficient (Wildman–Crippen LogP) is 3.78. The Morgan fingerprint density at radius 1 is 1.00 bits per heavy atom. The molecule has 0 atom stereocenters. The summed E-state index contributed by atoms with van der Waals surface area (Å²) in [5.74, 6) is 0.756. The number of nitrogens with zero attached hydrogens (tertiary/aromatic N) is 3. The van der Waals surface area contributed by atoms with Crippen LogP contribution in [0.1, 0.15) is 58.8 Å². The highest BCUT2D eigenvalue weighted by molar-refractivity contribution is 7.89. The van der Waals surface area contributed by atoms with E-state index in [9.17, 15) is 13.2 Å². The number of likely N-dealkylation sites (N-methyl/N-ethyl adjacent to an activating group) is 1. The highest BCUT2D eigenvalue weighted by atomic mass is 32.2. The standard InChI is InChI=1S/C27H44N4O4S/c1-3-5-6-22-7-9-23(10-8-22)27(32)28-25-21-24(36(33,34)31-17-19-35-20-18-31)11-12-26(25)30-15-13-29(4-2)14-16-30/h11-12,21-23H,3-10,13-20H2,1-2H3,(H,28,32). The van der Waals surface area contributed by atoms with Crippen LogP contribution in [-0.4, -0.2) is 82.6 Å². The van der Waals surface area contributed by atoms with Gasteiger partial charge in [-0.15, -0.1) is 0 Å². The van der Waals surface area contributed by atoms with Crippen molar-refractivity contribution in [2.45, 2.75) is 63.7 Å². The van der Waals surface area contributed by atoms with Gasteiger partial charge < -0.3 is 19.9 Å². The number of carbonyl (C=O) groups excluding carboxylic acids is 1. The first-order valence-corrected chi connectivity index (χ1v) is 15.4. The lowest BCUT2D eigenvalue weighted by molar-refractivity contribution is -0.121. The summed E-state index contributed by atoms with van der Waals surface area (Å²) in [4.78, 5) is 18.3. The van der Waals surface area contributed by atoms with E-state index in [0.29, 0.717) is 32.0 Å². The maximum absolute atomic E-state index is 13.4. The van der Waals surface area contributed by atoms with Gasteiger partial charge in [-0.2, -0.15) is 4.31 Å². The molecule has 0 radical (unpaired) electrons. The molecule has 2 saturated heterocycles. The fourth-order valence-corrected chi connectivity index (χ4v) is 7.17. The number of anilines is 2. The maximum atomic E-state index is 13.4. The molecule has 0 aromatic heterocycles. The number of sulfonamides is 1. The van der Waals surface area contributed by atoms with Gasteiger partial charge in [-0.3, -0.25) is 4.79 Å². The third-order valence-corrected chi connectivity index (χ3v) is 10.1. The van der Waals surface area contributed by atoms with E-state index in [0.717, 1.165) is 70.0 Å². The molecule has 0 spiro atoms. The lowest BCUT2D eigenvalue weighted by atomic mass is 9.79. The molecule has 1 aliphatic carbocycles. The third kappa shape index (κ3) is 6.60.